The summed E-state index contributed by atoms with van der Waals surface area (Å²) in [7, 11) is -4.03. The predicted octanol–water partition coefficient (Wildman–Crippen LogP) is 3.73. The van der Waals surface area contributed by atoms with Gasteiger partial charge in [0.1, 0.15) is 34.5 Å². The fraction of sp³-hybridized carbons (Fsp3) is 0.435. The molecule has 0 spiro atoms. The number of fused-ring (bicyclic) bond motifs is 1. The highest BCUT2D eigenvalue weighted by Crippen LogP contribution is 2.36. The largest absolute Gasteiger partial charge is 0.473 e. The molecule has 0 aliphatic heterocycles. The van der Waals surface area contributed by atoms with E-state index in [0.717, 1.165) is 31.7 Å². The van der Waals surface area contributed by atoms with Gasteiger partial charge in [-0.2, -0.15) is 15.1 Å². The van der Waals surface area contributed by atoms with Crippen LogP contribution in [0.3, 0.4) is 0 Å². The summed E-state index contributed by atoms with van der Waals surface area (Å²) in [5.41, 5.74) is 1.12. The van der Waals surface area contributed by atoms with E-state index in [0.29, 0.717) is 34.5 Å². The van der Waals surface area contributed by atoms with Crippen LogP contribution >= 0.6 is 0 Å². The maximum atomic E-state index is 14.8. The van der Waals surface area contributed by atoms with Gasteiger partial charge in [-0.1, -0.05) is 19.0 Å². The molecule has 5 rings (SSSR count). The molecule has 0 atom stereocenters. The third kappa shape index (κ3) is 4.67. The van der Waals surface area contributed by atoms with Gasteiger partial charge in [0.25, 0.3) is 0 Å². The molecule has 3 heterocycles. The van der Waals surface area contributed by atoms with Crippen LogP contribution in [0, 0.1) is 12.7 Å². The highest BCUT2D eigenvalue weighted by Gasteiger charge is 2.29. The number of nitrogens with two attached hydrogens (primary N) is 1. The topological polar surface area (TPSA) is 163 Å². The van der Waals surface area contributed by atoms with Crippen molar-refractivity contribution < 1.29 is 22.1 Å². The molecule has 0 saturated heterocycles. The van der Waals surface area contributed by atoms with Gasteiger partial charge in [-0.3, -0.25) is 5.10 Å². The van der Waals surface area contributed by atoms with Crippen molar-refractivity contribution in [1.29, 1.82) is 0 Å². The van der Waals surface area contributed by atoms with Gasteiger partial charge in [-0.25, -0.2) is 22.9 Å². The molecule has 1 saturated carbocycles. The molecule has 1 aromatic carbocycles. The minimum Gasteiger partial charge on any atom is -0.473 e. The Balaban J connectivity index is 1.36. The van der Waals surface area contributed by atoms with Crippen molar-refractivity contribution in [2.45, 2.75) is 69.3 Å². The van der Waals surface area contributed by atoms with Crippen LogP contribution in [0.1, 0.15) is 68.9 Å². The molecule has 0 radical (unpaired) electrons. The summed E-state index contributed by atoms with van der Waals surface area (Å²) in [4.78, 5) is 13.1. The molecule has 36 heavy (non-hydrogen) atoms. The van der Waals surface area contributed by atoms with Gasteiger partial charge in [0.2, 0.25) is 21.8 Å². The average Bonchev–Trinajstić information content (AvgIpc) is 3.47. The van der Waals surface area contributed by atoms with Crippen LogP contribution in [0.4, 0.5) is 4.39 Å². The first-order chi connectivity index (χ1) is 17.1. The van der Waals surface area contributed by atoms with Gasteiger partial charge in [-0.05, 0) is 50.8 Å². The monoisotopic (exact) mass is 515 g/mol. The summed E-state index contributed by atoms with van der Waals surface area (Å²) in [5, 5.41) is 16.2. The quantitative estimate of drug-likeness (QED) is 0.389. The first-order valence-corrected chi connectivity index (χ1v) is 13.2. The molecule has 0 amide bonds. The van der Waals surface area contributed by atoms with Gasteiger partial charge >= 0.3 is 0 Å². The summed E-state index contributed by atoms with van der Waals surface area (Å²) >= 11 is 0. The Kier molecular flexibility index (Phi) is 6.20. The zero-order chi connectivity index (χ0) is 25.6. The normalized spacial score (nSPS) is 18.7. The van der Waals surface area contributed by atoms with Gasteiger partial charge in [0.05, 0.1) is 4.90 Å². The Labute approximate surface area is 206 Å². The number of aryl methyl sites for hydroxylation is 1. The third-order valence-electron chi connectivity index (χ3n) is 6.29. The highest BCUT2D eigenvalue weighted by atomic mass is 32.2. The van der Waals surface area contributed by atoms with Crippen molar-refractivity contribution in [1.82, 2.24) is 30.3 Å². The van der Waals surface area contributed by atoms with Crippen molar-refractivity contribution in [3.05, 3.63) is 41.6 Å². The SMILES string of the molecule is Cc1nc(OC2CCC(c3nc(C(C)C)no3)CC2)c2[nH]nc(-c3ccc(S(N)(=O)=O)cc3F)c2n1. The zero-order valence-corrected chi connectivity index (χ0v) is 20.8. The number of hydrogen-bond acceptors (Lipinski definition) is 9. The Morgan fingerprint density at radius 2 is 1.92 bits per heavy atom. The number of aromatic amines is 1. The van der Waals surface area contributed by atoms with E-state index in [9.17, 15) is 12.8 Å². The van der Waals surface area contributed by atoms with Gasteiger partial charge in [-0.15, -0.1) is 0 Å². The number of halogens is 1. The lowest BCUT2D eigenvalue weighted by Crippen LogP contribution is -2.24. The molecule has 3 N–H and O–H groups in total. The van der Waals surface area contributed by atoms with Crippen molar-refractivity contribution in [2.75, 3.05) is 0 Å². The van der Waals surface area contributed by atoms with Crippen LogP contribution in [0.25, 0.3) is 22.3 Å². The van der Waals surface area contributed by atoms with E-state index >= 15 is 0 Å². The molecule has 4 aromatic rings. The molecular formula is C23H26FN7O4S. The molecule has 13 heteroatoms. The molecule has 190 valence electrons. The number of nitrogens with zero attached hydrogens (tertiary/aromatic N) is 5. The zero-order valence-electron chi connectivity index (χ0n) is 20.0. The van der Waals surface area contributed by atoms with Crippen LogP contribution in [0.2, 0.25) is 0 Å². The molecule has 11 nitrogen and oxygen atoms in total. The van der Waals surface area contributed by atoms with Gasteiger partial charge in [0.15, 0.2) is 5.82 Å². The first-order valence-electron chi connectivity index (χ1n) is 11.7. The van der Waals surface area contributed by atoms with E-state index in [-0.39, 0.29) is 34.1 Å². The second kappa shape index (κ2) is 9.21. The number of sulfonamides is 1. The number of benzene rings is 1. The molecule has 1 fully saturated rings. The standard InChI is InChI=1S/C23H26FN7O4S/c1-11(2)21-28-22(35-31-21)13-4-6-14(7-5-13)34-23-20-19(26-12(3)27-23)18(29-30-20)16-9-8-15(10-17(16)24)36(25,32)33/h8-11,13-14H,4-7H2,1-3H3,(H,29,30)(H2,25,32,33). The summed E-state index contributed by atoms with van der Waals surface area (Å²) in [5.74, 6) is 1.78. The fourth-order valence-electron chi connectivity index (χ4n) is 4.35. The maximum absolute atomic E-state index is 14.8. The van der Waals surface area contributed by atoms with Crippen molar-refractivity contribution in [3.8, 4) is 17.1 Å². The van der Waals surface area contributed by atoms with E-state index in [1.165, 1.54) is 12.1 Å². The molecule has 3 aromatic heterocycles. The smallest absolute Gasteiger partial charge is 0.243 e. The number of aromatic nitrogens is 6. The number of H-pyrrole nitrogens is 1. The summed E-state index contributed by atoms with van der Waals surface area (Å²) in [6.45, 7) is 5.76. The predicted molar refractivity (Wildman–Crippen MR) is 127 cm³/mol. The van der Waals surface area contributed by atoms with Crippen molar-refractivity contribution in [2.24, 2.45) is 5.14 Å². The Morgan fingerprint density at radius 3 is 2.56 bits per heavy atom. The van der Waals surface area contributed by atoms with E-state index < -0.39 is 15.8 Å². The third-order valence-corrected chi connectivity index (χ3v) is 7.20. The van der Waals surface area contributed by atoms with E-state index in [1.54, 1.807) is 6.92 Å². The minimum atomic E-state index is -4.03. The van der Waals surface area contributed by atoms with E-state index in [1.807, 2.05) is 13.8 Å². The number of ether oxygens (including phenoxy) is 1. The van der Waals surface area contributed by atoms with E-state index in [2.05, 4.69) is 30.3 Å². The summed E-state index contributed by atoms with van der Waals surface area (Å²) < 4.78 is 49.6. The highest BCUT2D eigenvalue weighted by molar-refractivity contribution is 7.89. The van der Waals surface area contributed by atoms with Crippen LogP contribution < -0.4 is 9.88 Å². The van der Waals surface area contributed by atoms with Gasteiger partial charge < -0.3 is 9.26 Å². The summed E-state index contributed by atoms with van der Waals surface area (Å²) in [6.07, 6.45) is 3.16. The lowest BCUT2D eigenvalue weighted by atomic mass is 9.87. The molecule has 1 aliphatic rings. The van der Waals surface area contributed by atoms with Crippen LogP contribution in [0.15, 0.2) is 27.6 Å². The van der Waals surface area contributed by atoms with Crippen molar-refractivity contribution >= 4 is 21.1 Å². The van der Waals surface area contributed by atoms with Gasteiger partial charge in [0, 0.05) is 17.4 Å². The number of nitrogens with one attached hydrogen (secondary N) is 1. The number of rotatable bonds is 6. The number of hydrogen-bond donors (Lipinski definition) is 2. The molecule has 0 bridgehead atoms. The van der Waals surface area contributed by atoms with Crippen LogP contribution in [-0.2, 0) is 10.0 Å². The minimum absolute atomic E-state index is 0.0798. The first kappa shape index (κ1) is 24.3. The summed E-state index contributed by atoms with van der Waals surface area (Å²) in [6, 6.07) is 3.40. The Morgan fingerprint density at radius 1 is 1.17 bits per heavy atom. The fourth-order valence-corrected chi connectivity index (χ4v) is 4.88. The second-order valence-corrected chi connectivity index (χ2v) is 10.9. The molecule has 1 aliphatic carbocycles. The second-order valence-electron chi connectivity index (χ2n) is 9.30. The Bertz CT molecular complexity index is 1520. The van der Waals surface area contributed by atoms with E-state index in [4.69, 9.17) is 14.4 Å². The maximum Gasteiger partial charge on any atom is 0.243 e. The lowest BCUT2D eigenvalue weighted by molar-refractivity contribution is 0.135. The average molecular weight is 516 g/mol. The molecule has 0 unspecified atom stereocenters. The lowest BCUT2D eigenvalue weighted by Gasteiger charge is -2.26. The molecular weight excluding hydrogens is 489 g/mol. The number of primary sulfonamides is 1. The van der Waals surface area contributed by atoms with Crippen molar-refractivity contribution in [3.63, 3.8) is 0 Å². The Hall–Kier alpha value is -3.45. The van der Waals surface area contributed by atoms with Crippen LogP contribution in [0.5, 0.6) is 5.88 Å². The van der Waals surface area contributed by atoms with Crippen LogP contribution in [-0.4, -0.2) is 44.8 Å².